The summed E-state index contributed by atoms with van der Waals surface area (Å²) < 4.78 is 32.7. The highest BCUT2D eigenvalue weighted by atomic mass is 32.2. The average molecular weight is 489 g/mol. The number of aromatic nitrogens is 2. The van der Waals surface area contributed by atoms with Gasteiger partial charge in [0.15, 0.2) is 0 Å². The first-order valence-electron chi connectivity index (χ1n) is 11.2. The number of methoxy groups -OCH3 is 1. The number of amides is 1. The van der Waals surface area contributed by atoms with Crippen molar-refractivity contribution in [2.75, 3.05) is 33.3 Å². The second-order valence-corrected chi connectivity index (χ2v) is 10.1. The summed E-state index contributed by atoms with van der Waals surface area (Å²) >= 11 is 0. The highest BCUT2D eigenvalue weighted by Gasteiger charge is 2.31. The van der Waals surface area contributed by atoms with Gasteiger partial charge in [0.2, 0.25) is 10.0 Å². The van der Waals surface area contributed by atoms with Crippen LogP contribution in [0.1, 0.15) is 10.4 Å². The monoisotopic (exact) mass is 488 g/mol. The fraction of sp³-hybridized carbons (Fsp3) is 0.192. The van der Waals surface area contributed by atoms with E-state index >= 15 is 0 Å². The number of pyridine rings is 2. The third-order valence-electron chi connectivity index (χ3n) is 6.13. The van der Waals surface area contributed by atoms with E-state index in [1.165, 1.54) is 23.5 Å². The van der Waals surface area contributed by atoms with Crippen LogP contribution in [0.5, 0.6) is 5.75 Å². The van der Waals surface area contributed by atoms with Crippen molar-refractivity contribution in [3.63, 3.8) is 0 Å². The molecule has 178 valence electrons. The van der Waals surface area contributed by atoms with E-state index in [0.29, 0.717) is 30.1 Å². The Morgan fingerprint density at radius 2 is 1.69 bits per heavy atom. The molecule has 0 atom stereocenters. The predicted octanol–water partition coefficient (Wildman–Crippen LogP) is 3.45. The summed E-state index contributed by atoms with van der Waals surface area (Å²) in [5.41, 5.74) is 2.75. The fourth-order valence-corrected chi connectivity index (χ4v) is 5.64. The molecule has 0 aliphatic carbocycles. The van der Waals surface area contributed by atoms with Crippen LogP contribution in [0, 0.1) is 0 Å². The lowest BCUT2D eigenvalue weighted by molar-refractivity contribution is 0.0700. The highest BCUT2D eigenvalue weighted by molar-refractivity contribution is 7.89. The van der Waals surface area contributed by atoms with Crippen LogP contribution in [0.3, 0.4) is 0 Å². The maximum atomic E-state index is 13.6. The van der Waals surface area contributed by atoms with Gasteiger partial charge in [-0.3, -0.25) is 9.78 Å². The van der Waals surface area contributed by atoms with E-state index in [0.717, 1.165) is 16.5 Å². The van der Waals surface area contributed by atoms with Crippen LogP contribution >= 0.6 is 0 Å². The van der Waals surface area contributed by atoms with E-state index in [9.17, 15) is 13.2 Å². The molecule has 1 aliphatic heterocycles. The molecule has 35 heavy (non-hydrogen) atoms. The number of carbonyl (C=O) groups excluding carboxylic acids is 1. The number of sulfonamides is 1. The maximum absolute atomic E-state index is 13.6. The Bertz CT molecular complexity index is 1470. The molecule has 0 radical (unpaired) electrons. The number of fused-ring (bicyclic) bond motifs is 1. The second kappa shape index (κ2) is 9.44. The van der Waals surface area contributed by atoms with Gasteiger partial charge in [0.1, 0.15) is 5.75 Å². The van der Waals surface area contributed by atoms with Crippen molar-refractivity contribution >= 4 is 26.8 Å². The minimum absolute atomic E-state index is 0.143. The van der Waals surface area contributed by atoms with Gasteiger partial charge in [-0.15, -0.1) is 0 Å². The van der Waals surface area contributed by atoms with Gasteiger partial charge >= 0.3 is 0 Å². The molecule has 0 saturated carbocycles. The average Bonchev–Trinajstić information content (AvgIpc) is 2.92. The van der Waals surface area contributed by atoms with Gasteiger partial charge in [-0.25, -0.2) is 13.4 Å². The molecule has 2 aromatic carbocycles. The Morgan fingerprint density at radius 3 is 2.37 bits per heavy atom. The minimum Gasteiger partial charge on any atom is -0.497 e. The van der Waals surface area contributed by atoms with Crippen LogP contribution in [0.15, 0.2) is 84.0 Å². The summed E-state index contributed by atoms with van der Waals surface area (Å²) in [5, 5.41) is 0.762. The summed E-state index contributed by atoms with van der Waals surface area (Å²) in [7, 11) is -2.12. The number of ether oxygens (including phenoxy) is 1. The molecule has 0 spiro atoms. The number of nitrogens with zero attached hydrogens (tertiary/aromatic N) is 4. The molecule has 9 heteroatoms. The Balaban J connectivity index is 1.39. The molecule has 1 aliphatic rings. The minimum atomic E-state index is -3.66. The van der Waals surface area contributed by atoms with Gasteiger partial charge in [0.05, 0.1) is 28.8 Å². The molecule has 8 nitrogen and oxygen atoms in total. The summed E-state index contributed by atoms with van der Waals surface area (Å²) in [6.45, 7) is 1.04. The van der Waals surface area contributed by atoms with Gasteiger partial charge < -0.3 is 9.64 Å². The van der Waals surface area contributed by atoms with Gasteiger partial charge in [0.25, 0.3) is 5.91 Å². The smallest absolute Gasteiger partial charge is 0.254 e. The number of hydrogen-bond acceptors (Lipinski definition) is 6. The molecular weight excluding hydrogens is 464 g/mol. The highest BCUT2D eigenvalue weighted by Crippen LogP contribution is 2.27. The van der Waals surface area contributed by atoms with E-state index in [-0.39, 0.29) is 23.9 Å². The number of piperazine rings is 1. The first-order valence-corrected chi connectivity index (χ1v) is 12.6. The largest absolute Gasteiger partial charge is 0.497 e. The zero-order valence-corrected chi connectivity index (χ0v) is 20.0. The normalized spacial score (nSPS) is 14.7. The van der Waals surface area contributed by atoms with Crippen LogP contribution in [-0.4, -0.2) is 66.8 Å². The molecule has 4 aromatic rings. The molecule has 0 N–H and O–H groups in total. The molecule has 1 amide bonds. The quantitative estimate of drug-likeness (QED) is 0.427. The molecule has 0 bridgehead atoms. The van der Waals surface area contributed by atoms with Gasteiger partial charge in [-0.1, -0.05) is 18.2 Å². The standard InChI is InChI=1S/C26H24N4O4S/c1-34-20-8-10-21(11-9-20)35(32,33)30-15-13-29(14-16-30)26(31)23-17-25(19-5-4-12-27-18-19)28-24-7-3-2-6-22(23)24/h2-12,17-18H,13-16H2,1H3. The predicted molar refractivity (Wildman–Crippen MR) is 133 cm³/mol. The number of para-hydroxylation sites is 1. The Morgan fingerprint density at radius 1 is 0.943 bits per heavy atom. The van der Waals surface area contributed by atoms with Gasteiger partial charge in [-0.2, -0.15) is 4.31 Å². The van der Waals surface area contributed by atoms with Crippen molar-refractivity contribution < 1.29 is 17.9 Å². The number of rotatable bonds is 5. The number of hydrogen-bond donors (Lipinski definition) is 0. The summed E-state index contributed by atoms with van der Waals surface area (Å²) in [6, 6.07) is 19.4. The van der Waals surface area contributed by atoms with E-state index in [1.54, 1.807) is 35.5 Å². The van der Waals surface area contributed by atoms with Gasteiger partial charge in [-0.05, 0) is 48.5 Å². The fourth-order valence-electron chi connectivity index (χ4n) is 4.21. The molecule has 0 unspecified atom stereocenters. The van der Waals surface area contributed by atoms with Crippen LogP contribution in [-0.2, 0) is 10.0 Å². The van der Waals surface area contributed by atoms with Crippen LogP contribution in [0.2, 0.25) is 0 Å². The van der Waals surface area contributed by atoms with E-state index in [2.05, 4.69) is 4.98 Å². The zero-order valence-electron chi connectivity index (χ0n) is 19.2. The zero-order chi connectivity index (χ0) is 24.4. The Kier molecular flexibility index (Phi) is 6.19. The lowest BCUT2D eigenvalue weighted by Crippen LogP contribution is -2.50. The van der Waals surface area contributed by atoms with Crippen molar-refractivity contribution in [2.45, 2.75) is 4.90 Å². The Labute approximate surface area is 203 Å². The van der Waals surface area contributed by atoms with Crippen molar-refractivity contribution in [1.29, 1.82) is 0 Å². The molecule has 3 heterocycles. The maximum Gasteiger partial charge on any atom is 0.254 e. The van der Waals surface area contributed by atoms with Gasteiger partial charge in [0, 0.05) is 49.5 Å². The third kappa shape index (κ3) is 4.48. The molecule has 5 rings (SSSR count). The molecule has 2 aromatic heterocycles. The van der Waals surface area contributed by atoms with E-state index in [4.69, 9.17) is 9.72 Å². The molecular formula is C26H24N4O4S. The van der Waals surface area contributed by atoms with Crippen LogP contribution < -0.4 is 4.74 Å². The SMILES string of the molecule is COc1ccc(S(=O)(=O)N2CCN(C(=O)c3cc(-c4cccnc4)nc4ccccc34)CC2)cc1. The third-order valence-corrected chi connectivity index (χ3v) is 8.04. The van der Waals surface area contributed by atoms with Crippen molar-refractivity contribution in [1.82, 2.24) is 19.2 Å². The van der Waals surface area contributed by atoms with E-state index < -0.39 is 10.0 Å². The van der Waals surface area contributed by atoms with Crippen molar-refractivity contribution in [3.8, 4) is 17.0 Å². The lowest BCUT2D eigenvalue weighted by Gasteiger charge is -2.34. The van der Waals surface area contributed by atoms with Crippen LogP contribution in [0.25, 0.3) is 22.2 Å². The topological polar surface area (TPSA) is 92.7 Å². The van der Waals surface area contributed by atoms with Crippen molar-refractivity contribution in [2.24, 2.45) is 0 Å². The van der Waals surface area contributed by atoms with Crippen LogP contribution in [0.4, 0.5) is 0 Å². The number of benzene rings is 2. The second-order valence-electron chi connectivity index (χ2n) is 8.19. The summed E-state index contributed by atoms with van der Waals surface area (Å²) in [4.78, 5) is 24.4. The first kappa shape index (κ1) is 22.9. The summed E-state index contributed by atoms with van der Waals surface area (Å²) in [6.07, 6.45) is 3.41. The molecule has 1 fully saturated rings. The van der Waals surface area contributed by atoms with E-state index in [1.807, 2.05) is 36.4 Å². The lowest BCUT2D eigenvalue weighted by atomic mass is 10.0. The number of carbonyl (C=O) groups is 1. The summed E-state index contributed by atoms with van der Waals surface area (Å²) in [5.74, 6) is 0.449. The first-order chi connectivity index (χ1) is 17.0. The molecule has 1 saturated heterocycles. The van der Waals surface area contributed by atoms with Crippen molar-refractivity contribution in [3.05, 3.63) is 84.7 Å². The Hall–Kier alpha value is -3.82.